The maximum atomic E-state index is 12.9. The van der Waals surface area contributed by atoms with Crippen LogP contribution in [0.15, 0.2) is 14.6 Å². The van der Waals surface area contributed by atoms with Crippen LogP contribution in [-0.2, 0) is 23.1 Å². The van der Waals surface area contributed by atoms with Crippen molar-refractivity contribution in [3.05, 3.63) is 26.7 Å². The number of nitrogens with one attached hydrogen (secondary N) is 1. The van der Waals surface area contributed by atoms with Crippen molar-refractivity contribution in [1.82, 2.24) is 24.4 Å². The molecule has 0 aromatic carbocycles. The van der Waals surface area contributed by atoms with Gasteiger partial charge in [-0.05, 0) is 32.6 Å². The maximum Gasteiger partial charge on any atom is 0.332 e. The second-order valence-corrected chi connectivity index (χ2v) is 9.40. The van der Waals surface area contributed by atoms with E-state index < -0.39 is 16.5 Å². The van der Waals surface area contributed by atoms with Gasteiger partial charge in [-0.25, -0.2) is 14.8 Å². The monoisotopic (exact) mass is 435 g/mol. The topological polar surface area (TPSA) is 108 Å². The molecule has 164 valence electrons. The summed E-state index contributed by atoms with van der Waals surface area (Å²) in [5.74, 6) is 0.492. The molecule has 1 aliphatic heterocycles. The van der Waals surface area contributed by atoms with Gasteiger partial charge in [0.1, 0.15) is 16.2 Å². The summed E-state index contributed by atoms with van der Waals surface area (Å²) in [5.41, 5.74) is -0.541. The van der Waals surface area contributed by atoms with Crippen LogP contribution in [0.2, 0.25) is 0 Å². The smallest absolute Gasteiger partial charge is 0.332 e. The van der Waals surface area contributed by atoms with Crippen LogP contribution in [0.5, 0.6) is 0 Å². The molecule has 9 nitrogen and oxygen atoms in total. The standard InChI is InChI=1S/C20H29N5O4S/c1-11(2)10-25-16-15(19(27)24(5)20(25)28)18(23-13(4)22-16)30-12(3)17(26)21-9-14-7-6-8-29-14/h11-12,14H,6-10H2,1-5H3,(H,21,26)/t12-,14+/m1/s1. The predicted molar refractivity (Wildman–Crippen MR) is 116 cm³/mol. The van der Waals surface area contributed by atoms with E-state index in [1.807, 2.05) is 13.8 Å². The fourth-order valence-corrected chi connectivity index (χ4v) is 4.45. The number of carbonyl (C=O) groups excluding carboxylic acids is 1. The Bertz CT molecular complexity index is 1060. The second-order valence-electron chi connectivity index (χ2n) is 8.07. The third-order valence-corrected chi connectivity index (χ3v) is 6.08. The third-order valence-electron chi connectivity index (χ3n) is 4.99. The van der Waals surface area contributed by atoms with Gasteiger partial charge in [-0.2, -0.15) is 0 Å². The van der Waals surface area contributed by atoms with Gasteiger partial charge in [0.05, 0.1) is 11.4 Å². The summed E-state index contributed by atoms with van der Waals surface area (Å²) >= 11 is 1.20. The van der Waals surface area contributed by atoms with Crippen LogP contribution in [0.1, 0.15) is 39.4 Å². The van der Waals surface area contributed by atoms with Gasteiger partial charge < -0.3 is 10.1 Å². The number of carbonyl (C=O) groups is 1. The molecule has 0 spiro atoms. The highest BCUT2D eigenvalue weighted by Crippen LogP contribution is 2.26. The van der Waals surface area contributed by atoms with Gasteiger partial charge >= 0.3 is 5.69 Å². The second kappa shape index (κ2) is 9.30. The zero-order chi connectivity index (χ0) is 22.0. The molecule has 0 saturated carbocycles. The van der Waals surface area contributed by atoms with E-state index in [2.05, 4.69) is 15.3 Å². The Balaban J connectivity index is 1.95. The summed E-state index contributed by atoms with van der Waals surface area (Å²) in [5, 5.41) is 3.12. The van der Waals surface area contributed by atoms with Crippen molar-refractivity contribution in [1.29, 1.82) is 0 Å². The normalized spacial score (nSPS) is 17.6. The number of nitrogens with zero attached hydrogens (tertiary/aromatic N) is 4. The molecule has 3 rings (SSSR count). The van der Waals surface area contributed by atoms with Crippen LogP contribution >= 0.6 is 11.8 Å². The zero-order valence-electron chi connectivity index (χ0n) is 18.1. The van der Waals surface area contributed by atoms with E-state index in [1.54, 1.807) is 13.8 Å². The summed E-state index contributed by atoms with van der Waals surface area (Å²) in [6.45, 7) is 9.12. The Morgan fingerprint density at radius 1 is 1.30 bits per heavy atom. The van der Waals surface area contributed by atoms with Crippen LogP contribution in [0.4, 0.5) is 0 Å². The zero-order valence-corrected chi connectivity index (χ0v) is 18.9. The van der Waals surface area contributed by atoms with Gasteiger partial charge in [-0.1, -0.05) is 25.6 Å². The molecular weight excluding hydrogens is 406 g/mol. The molecule has 1 aliphatic rings. The summed E-state index contributed by atoms with van der Waals surface area (Å²) < 4.78 is 8.14. The van der Waals surface area contributed by atoms with Crippen LogP contribution in [0.25, 0.3) is 11.0 Å². The van der Waals surface area contributed by atoms with Gasteiger partial charge in [0.15, 0.2) is 5.65 Å². The lowest BCUT2D eigenvalue weighted by Gasteiger charge is -2.17. The fourth-order valence-electron chi connectivity index (χ4n) is 3.44. The first-order valence-electron chi connectivity index (χ1n) is 10.2. The van der Waals surface area contributed by atoms with Crippen molar-refractivity contribution >= 4 is 28.7 Å². The molecule has 1 fully saturated rings. The molecule has 1 saturated heterocycles. The van der Waals surface area contributed by atoms with Gasteiger partial charge in [-0.3, -0.25) is 18.7 Å². The molecule has 2 atom stereocenters. The number of aryl methyl sites for hydroxylation is 1. The molecule has 2 aromatic heterocycles. The molecule has 3 heterocycles. The molecule has 0 radical (unpaired) electrons. The van der Waals surface area contributed by atoms with Crippen molar-refractivity contribution in [3.63, 3.8) is 0 Å². The van der Waals surface area contributed by atoms with Crippen LogP contribution in [0.3, 0.4) is 0 Å². The van der Waals surface area contributed by atoms with E-state index in [0.29, 0.717) is 29.6 Å². The molecule has 0 bridgehead atoms. The van der Waals surface area contributed by atoms with E-state index in [1.165, 1.54) is 23.4 Å². The number of rotatable bonds is 7. The van der Waals surface area contributed by atoms with E-state index in [4.69, 9.17) is 4.74 Å². The fraction of sp³-hybridized carbons (Fsp3) is 0.650. The lowest BCUT2D eigenvalue weighted by Crippen LogP contribution is -2.40. The average Bonchev–Trinajstić information content (AvgIpc) is 3.20. The average molecular weight is 436 g/mol. The van der Waals surface area contributed by atoms with Crippen LogP contribution < -0.4 is 16.6 Å². The van der Waals surface area contributed by atoms with E-state index >= 15 is 0 Å². The highest BCUT2D eigenvalue weighted by Gasteiger charge is 2.23. The summed E-state index contributed by atoms with van der Waals surface area (Å²) in [4.78, 5) is 47.0. The van der Waals surface area contributed by atoms with Gasteiger partial charge in [-0.15, -0.1) is 0 Å². The number of ether oxygens (including phenoxy) is 1. The number of hydrogen-bond donors (Lipinski definition) is 1. The largest absolute Gasteiger partial charge is 0.376 e. The first kappa shape index (κ1) is 22.5. The molecule has 2 aromatic rings. The van der Waals surface area contributed by atoms with Crippen molar-refractivity contribution in [2.24, 2.45) is 13.0 Å². The van der Waals surface area contributed by atoms with Crippen molar-refractivity contribution in [2.45, 2.75) is 63.5 Å². The Kier molecular flexibility index (Phi) is 6.97. The minimum atomic E-state index is -0.473. The number of fused-ring (bicyclic) bond motifs is 1. The lowest BCUT2D eigenvalue weighted by molar-refractivity contribution is -0.120. The van der Waals surface area contributed by atoms with E-state index in [0.717, 1.165) is 24.0 Å². The van der Waals surface area contributed by atoms with Crippen LogP contribution in [0, 0.1) is 12.8 Å². The van der Waals surface area contributed by atoms with Crippen molar-refractivity contribution in [2.75, 3.05) is 13.2 Å². The van der Waals surface area contributed by atoms with Crippen LogP contribution in [-0.4, -0.2) is 49.5 Å². The van der Waals surface area contributed by atoms with Crippen molar-refractivity contribution < 1.29 is 9.53 Å². The Labute approximate surface area is 179 Å². The molecule has 1 amide bonds. The third kappa shape index (κ3) is 4.75. The Hall–Kier alpha value is -2.20. The Morgan fingerprint density at radius 3 is 2.67 bits per heavy atom. The minimum Gasteiger partial charge on any atom is -0.376 e. The van der Waals surface area contributed by atoms with Gasteiger partial charge in [0.25, 0.3) is 5.56 Å². The van der Waals surface area contributed by atoms with E-state index in [9.17, 15) is 14.4 Å². The SMILES string of the molecule is Cc1nc(S[C@H](C)C(=O)NC[C@@H]2CCCO2)c2c(=O)n(C)c(=O)n(CC(C)C)c2n1. The van der Waals surface area contributed by atoms with Crippen molar-refractivity contribution in [3.8, 4) is 0 Å². The highest BCUT2D eigenvalue weighted by molar-refractivity contribution is 8.00. The molecular formula is C20H29N5O4S. The first-order chi connectivity index (χ1) is 14.2. The number of thioether (sulfide) groups is 1. The number of aromatic nitrogens is 4. The van der Waals surface area contributed by atoms with Gasteiger partial charge in [0.2, 0.25) is 5.91 Å². The first-order valence-corrected chi connectivity index (χ1v) is 11.1. The molecule has 30 heavy (non-hydrogen) atoms. The van der Waals surface area contributed by atoms with E-state index in [-0.39, 0.29) is 23.3 Å². The predicted octanol–water partition coefficient (Wildman–Crippen LogP) is 1.23. The number of amides is 1. The summed E-state index contributed by atoms with van der Waals surface area (Å²) in [7, 11) is 1.45. The summed E-state index contributed by atoms with van der Waals surface area (Å²) in [6, 6.07) is 0. The highest BCUT2D eigenvalue weighted by atomic mass is 32.2. The minimum absolute atomic E-state index is 0.0611. The van der Waals surface area contributed by atoms with Gasteiger partial charge in [0, 0.05) is 26.7 Å². The lowest BCUT2D eigenvalue weighted by atomic mass is 10.2. The maximum absolute atomic E-state index is 12.9. The summed E-state index contributed by atoms with van der Waals surface area (Å²) in [6.07, 6.45) is 2.02. The molecule has 0 unspecified atom stereocenters. The molecule has 0 aliphatic carbocycles. The Morgan fingerprint density at radius 2 is 2.03 bits per heavy atom. The molecule has 1 N–H and O–H groups in total. The quantitative estimate of drug-likeness (QED) is 0.515. The molecule has 10 heteroatoms. The number of hydrogen-bond acceptors (Lipinski definition) is 7.